The van der Waals surface area contributed by atoms with Gasteiger partial charge in [-0.25, -0.2) is 0 Å². The lowest BCUT2D eigenvalue weighted by molar-refractivity contribution is -0.142. The molecule has 1 aromatic carbocycles. The van der Waals surface area contributed by atoms with Crippen LogP contribution in [0.25, 0.3) is 0 Å². The second-order valence-electron chi connectivity index (χ2n) is 5.98. The predicted octanol–water partition coefficient (Wildman–Crippen LogP) is 2.91. The Morgan fingerprint density at radius 3 is 2.62 bits per heavy atom. The van der Waals surface area contributed by atoms with E-state index in [1.165, 1.54) is 18.4 Å². The number of ether oxygens (including phenoxy) is 2. The summed E-state index contributed by atoms with van der Waals surface area (Å²) in [5, 5.41) is 3.24. The monoisotopic (exact) mass is 291 g/mol. The van der Waals surface area contributed by atoms with Crippen LogP contribution in [0.4, 0.5) is 0 Å². The first-order chi connectivity index (χ1) is 10.1. The fraction of sp³-hybridized carbons (Fsp3) is 0.588. The van der Waals surface area contributed by atoms with Crippen molar-refractivity contribution in [2.45, 2.75) is 39.7 Å². The third-order valence-corrected chi connectivity index (χ3v) is 3.75. The van der Waals surface area contributed by atoms with Gasteiger partial charge in [0, 0.05) is 18.5 Å². The zero-order chi connectivity index (χ0) is 15.1. The van der Waals surface area contributed by atoms with Crippen LogP contribution in [0.1, 0.15) is 38.7 Å². The van der Waals surface area contributed by atoms with Crippen LogP contribution < -0.4 is 10.1 Å². The summed E-state index contributed by atoms with van der Waals surface area (Å²) in [7, 11) is 0. The zero-order valence-electron chi connectivity index (χ0n) is 13.0. The summed E-state index contributed by atoms with van der Waals surface area (Å²) in [6.07, 6.45) is 2.96. The molecule has 21 heavy (non-hydrogen) atoms. The Morgan fingerprint density at radius 1 is 1.29 bits per heavy atom. The summed E-state index contributed by atoms with van der Waals surface area (Å²) in [5.74, 6) is 0.778. The average Bonchev–Trinajstić information content (AvgIpc) is 3.21. The second kappa shape index (κ2) is 7.46. The van der Waals surface area contributed by atoms with Crippen LogP contribution in [0.15, 0.2) is 24.3 Å². The van der Waals surface area contributed by atoms with Crippen molar-refractivity contribution in [1.29, 1.82) is 0 Å². The first kappa shape index (κ1) is 15.8. The quantitative estimate of drug-likeness (QED) is 0.561. The molecule has 0 heterocycles. The van der Waals surface area contributed by atoms with Crippen molar-refractivity contribution in [1.82, 2.24) is 5.32 Å². The highest BCUT2D eigenvalue weighted by molar-refractivity contribution is 5.69. The van der Waals surface area contributed by atoms with E-state index >= 15 is 0 Å². The molecule has 1 N–H and O–H groups in total. The summed E-state index contributed by atoms with van der Waals surface area (Å²) in [6.45, 7) is 6.71. The topological polar surface area (TPSA) is 47.6 Å². The Labute approximate surface area is 126 Å². The van der Waals surface area contributed by atoms with Gasteiger partial charge in [-0.05, 0) is 37.5 Å². The molecule has 1 aliphatic rings. The molecule has 0 bridgehead atoms. The van der Waals surface area contributed by atoms with Gasteiger partial charge in [0.2, 0.25) is 0 Å². The summed E-state index contributed by atoms with van der Waals surface area (Å²) in [4.78, 5) is 11.2. The highest BCUT2D eigenvalue weighted by atomic mass is 16.5. The molecule has 0 atom stereocenters. The minimum Gasteiger partial charge on any atom is -0.493 e. The van der Waals surface area contributed by atoms with E-state index < -0.39 is 0 Å². The lowest BCUT2D eigenvalue weighted by Gasteiger charge is -2.11. The standard InChI is InChI=1S/C17H25NO3/c1-3-20-16(19)8-11-18-12-14-4-6-15(7-5-14)21-13-17(2)9-10-17/h4-7,18H,3,8-13H2,1-2H3. The molecule has 1 aliphatic carbocycles. The lowest BCUT2D eigenvalue weighted by Crippen LogP contribution is -2.19. The Morgan fingerprint density at radius 2 is 2.00 bits per heavy atom. The Hall–Kier alpha value is -1.55. The molecule has 0 saturated heterocycles. The van der Waals surface area contributed by atoms with E-state index in [1.54, 1.807) is 0 Å². The number of hydrogen-bond acceptors (Lipinski definition) is 4. The second-order valence-corrected chi connectivity index (χ2v) is 5.98. The van der Waals surface area contributed by atoms with Crippen molar-refractivity contribution in [3.63, 3.8) is 0 Å². The molecule has 0 radical (unpaired) electrons. The van der Waals surface area contributed by atoms with Gasteiger partial charge in [0.1, 0.15) is 5.75 Å². The molecular weight excluding hydrogens is 266 g/mol. The van der Waals surface area contributed by atoms with E-state index in [-0.39, 0.29) is 5.97 Å². The van der Waals surface area contributed by atoms with Crippen LogP contribution in [0, 0.1) is 5.41 Å². The van der Waals surface area contributed by atoms with E-state index in [1.807, 2.05) is 19.1 Å². The molecule has 4 heteroatoms. The van der Waals surface area contributed by atoms with Gasteiger partial charge in [-0.2, -0.15) is 0 Å². The van der Waals surface area contributed by atoms with Crippen molar-refractivity contribution in [2.75, 3.05) is 19.8 Å². The minimum atomic E-state index is -0.151. The third-order valence-electron chi connectivity index (χ3n) is 3.75. The SMILES string of the molecule is CCOC(=O)CCNCc1ccc(OCC2(C)CC2)cc1. The van der Waals surface area contributed by atoms with Gasteiger partial charge in [0.05, 0.1) is 19.6 Å². The van der Waals surface area contributed by atoms with Gasteiger partial charge in [-0.1, -0.05) is 19.1 Å². The Balaban J connectivity index is 1.64. The molecule has 1 aromatic rings. The number of nitrogens with one attached hydrogen (secondary N) is 1. The van der Waals surface area contributed by atoms with Crippen LogP contribution in [0.2, 0.25) is 0 Å². The molecule has 2 rings (SSSR count). The fourth-order valence-electron chi connectivity index (χ4n) is 1.98. The zero-order valence-corrected chi connectivity index (χ0v) is 13.0. The van der Waals surface area contributed by atoms with Crippen molar-refractivity contribution < 1.29 is 14.3 Å². The number of carbonyl (C=O) groups excluding carboxylic acids is 1. The van der Waals surface area contributed by atoms with E-state index in [0.717, 1.165) is 18.9 Å². The Bertz CT molecular complexity index is 452. The van der Waals surface area contributed by atoms with Crippen LogP contribution in [-0.4, -0.2) is 25.7 Å². The molecule has 0 aromatic heterocycles. The predicted molar refractivity (Wildman–Crippen MR) is 82.2 cm³/mol. The molecule has 4 nitrogen and oxygen atoms in total. The number of hydrogen-bond donors (Lipinski definition) is 1. The molecule has 0 amide bonds. The molecule has 1 saturated carbocycles. The average molecular weight is 291 g/mol. The molecule has 0 spiro atoms. The fourth-order valence-corrected chi connectivity index (χ4v) is 1.98. The van der Waals surface area contributed by atoms with Crippen LogP contribution in [0.3, 0.4) is 0 Å². The van der Waals surface area contributed by atoms with Crippen LogP contribution in [-0.2, 0) is 16.1 Å². The smallest absolute Gasteiger partial charge is 0.307 e. The molecule has 0 unspecified atom stereocenters. The molecular formula is C17H25NO3. The van der Waals surface area contributed by atoms with Crippen molar-refractivity contribution >= 4 is 5.97 Å². The van der Waals surface area contributed by atoms with Gasteiger partial charge >= 0.3 is 5.97 Å². The van der Waals surface area contributed by atoms with Gasteiger partial charge in [0.25, 0.3) is 0 Å². The normalized spacial score (nSPS) is 15.5. The van der Waals surface area contributed by atoms with Crippen LogP contribution in [0.5, 0.6) is 5.75 Å². The van der Waals surface area contributed by atoms with Gasteiger partial charge in [-0.3, -0.25) is 4.79 Å². The molecule has 1 fully saturated rings. The van der Waals surface area contributed by atoms with Crippen molar-refractivity contribution in [2.24, 2.45) is 5.41 Å². The van der Waals surface area contributed by atoms with Gasteiger partial charge < -0.3 is 14.8 Å². The third kappa shape index (κ3) is 5.76. The number of carbonyl (C=O) groups is 1. The minimum absolute atomic E-state index is 0.151. The number of rotatable bonds is 9. The van der Waals surface area contributed by atoms with Gasteiger partial charge in [0.15, 0.2) is 0 Å². The van der Waals surface area contributed by atoms with Gasteiger partial charge in [-0.15, -0.1) is 0 Å². The maximum atomic E-state index is 11.2. The van der Waals surface area contributed by atoms with E-state index in [9.17, 15) is 4.79 Å². The number of esters is 1. The van der Waals surface area contributed by atoms with Crippen molar-refractivity contribution in [3.05, 3.63) is 29.8 Å². The lowest BCUT2D eigenvalue weighted by atomic mass is 10.2. The molecule has 0 aliphatic heterocycles. The number of benzene rings is 1. The summed E-state index contributed by atoms with van der Waals surface area (Å²) in [5.41, 5.74) is 1.59. The summed E-state index contributed by atoms with van der Waals surface area (Å²) < 4.78 is 10.7. The highest BCUT2D eigenvalue weighted by Gasteiger charge is 2.38. The first-order valence-electron chi connectivity index (χ1n) is 7.69. The summed E-state index contributed by atoms with van der Waals surface area (Å²) >= 11 is 0. The van der Waals surface area contributed by atoms with E-state index in [0.29, 0.717) is 25.0 Å². The first-order valence-corrected chi connectivity index (χ1v) is 7.69. The van der Waals surface area contributed by atoms with Crippen LogP contribution >= 0.6 is 0 Å². The van der Waals surface area contributed by atoms with Crippen molar-refractivity contribution in [3.8, 4) is 5.75 Å². The Kier molecular flexibility index (Phi) is 5.62. The largest absolute Gasteiger partial charge is 0.493 e. The highest BCUT2D eigenvalue weighted by Crippen LogP contribution is 2.45. The molecule has 116 valence electrons. The maximum absolute atomic E-state index is 11.2. The maximum Gasteiger partial charge on any atom is 0.307 e. The summed E-state index contributed by atoms with van der Waals surface area (Å²) in [6, 6.07) is 8.13. The van der Waals surface area contributed by atoms with E-state index in [2.05, 4.69) is 24.4 Å². The van der Waals surface area contributed by atoms with E-state index in [4.69, 9.17) is 9.47 Å².